The van der Waals surface area contributed by atoms with E-state index in [1.165, 1.54) is 0 Å². The molecule has 1 amide bonds. The lowest BCUT2D eigenvalue weighted by molar-refractivity contribution is 0.0953. The zero-order valence-electron chi connectivity index (χ0n) is 19.5. The van der Waals surface area contributed by atoms with Gasteiger partial charge in [-0.2, -0.15) is 0 Å². The molecular weight excluding hydrogens is 414 g/mol. The van der Waals surface area contributed by atoms with Crippen LogP contribution in [0.2, 0.25) is 0 Å². The molecule has 0 unspecified atom stereocenters. The van der Waals surface area contributed by atoms with Crippen LogP contribution in [0.5, 0.6) is 0 Å². The number of hydrogen-bond acceptors (Lipinski definition) is 6. The van der Waals surface area contributed by atoms with Gasteiger partial charge in [0.05, 0.1) is 5.52 Å². The molecule has 172 valence electrons. The number of carbonyl (C=O) groups is 1. The Morgan fingerprint density at radius 1 is 1.06 bits per heavy atom. The average Bonchev–Trinajstić information content (AvgIpc) is 3.17. The molecule has 0 bridgehead atoms. The lowest BCUT2D eigenvalue weighted by Crippen LogP contribution is -2.25. The Kier molecular flexibility index (Phi) is 6.72. The molecule has 4 rings (SSSR count). The van der Waals surface area contributed by atoms with Gasteiger partial charge in [-0.1, -0.05) is 0 Å². The lowest BCUT2D eigenvalue weighted by Gasteiger charge is -2.21. The zero-order chi connectivity index (χ0) is 23.4. The quantitative estimate of drug-likeness (QED) is 0.379. The second-order valence-corrected chi connectivity index (χ2v) is 8.06. The van der Waals surface area contributed by atoms with Crippen molar-refractivity contribution in [2.75, 3.05) is 30.3 Å². The van der Waals surface area contributed by atoms with Crippen molar-refractivity contribution in [2.24, 2.45) is 0 Å². The molecule has 0 saturated heterocycles. The second-order valence-electron chi connectivity index (χ2n) is 8.06. The van der Waals surface area contributed by atoms with E-state index in [-0.39, 0.29) is 5.91 Å². The van der Waals surface area contributed by atoms with Crippen molar-refractivity contribution < 1.29 is 4.79 Å². The third-order valence-electron chi connectivity index (χ3n) is 6.00. The summed E-state index contributed by atoms with van der Waals surface area (Å²) >= 11 is 0. The number of imidazole rings is 1. The molecule has 0 aliphatic heterocycles. The molecule has 0 radical (unpaired) electrons. The van der Waals surface area contributed by atoms with Crippen LogP contribution in [0.25, 0.3) is 22.1 Å². The number of nitrogens with one attached hydrogen (secondary N) is 1. The average molecular weight is 446 g/mol. The fourth-order valence-electron chi connectivity index (χ4n) is 4.22. The smallest absolute Gasteiger partial charge is 0.251 e. The number of benzene rings is 1. The molecule has 0 fully saturated rings. The maximum absolute atomic E-state index is 12.5. The number of nitrogen functional groups attached to an aromatic ring is 1. The van der Waals surface area contributed by atoms with Gasteiger partial charge in [0, 0.05) is 43.6 Å². The molecule has 3 heterocycles. The van der Waals surface area contributed by atoms with Crippen LogP contribution in [0.3, 0.4) is 0 Å². The molecule has 0 aliphatic carbocycles. The fourth-order valence-corrected chi connectivity index (χ4v) is 4.22. The van der Waals surface area contributed by atoms with Crippen molar-refractivity contribution in [3.8, 4) is 0 Å². The summed E-state index contributed by atoms with van der Waals surface area (Å²) in [5, 5.41) is 3.03. The van der Waals surface area contributed by atoms with E-state index in [2.05, 4.69) is 43.6 Å². The third kappa shape index (κ3) is 4.60. The van der Waals surface area contributed by atoms with Crippen LogP contribution in [-0.2, 0) is 6.54 Å². The van der Waals surface area contributed by atoms with E-state index in [0.29, 0.717) is 23.4 Å². The van der Waals surface area contributed by atoms with Gasteiger partial charge in [-0.05, 0) is 70.0 Å². The van der Waals surface area contributed by atoms with Crippen molar-refractivity contribution in [3.63, 3.8) is 0 Å². The van der Waals surface area contributed by atoms with Gasteiger partial charge >= 0.3 is 0 Å². The van der Waals surface area contributed by atoms with Gasteiger partial charge < -0.3 is 20.5 Å². The SMILES string of the molecule is CCN(CC)c1ccc(C(=O)NCCCCn2c(C)nc3c(N)nc4cccnc4c32)cc1. The van der Waals surface area contributed by atoms with Crippen LogP contribution >= 0.6 is 0 Å². The van der Waals surface area contributed by atoms with E-state index in [9.17, 15) is 4.79 Å². The van der Waals surface area contributed by atoms with E-state index in [1.54, 1.807) is 6.20 Å². The van der Waals surface area contributed by atoms with Gasteiger partial charge in [0.25, 0.3) is 5.91 Å². The van der Waals surface area contributed by atoms with Crippen LogP contribution in [0.1, 0.15) is 42.9 Å². The highest BCUT2D eigenvalue weighted by molar-refractivity contribution is 6.04. The Labute approximate surface area is 193 Å². The Balaban J connectivity index is 1.36. The number of aromatic nitrogens is 4. The molecule has 1 aromatic carbocycles. The summed E-state index contributed by atoms with van der Waals surface area (Å²) < 4.78 is 2.15. The number of hydrogen-bond donors (Lipinski definition) is 2. The van der Waals surface area contributed by atoms with Crippen LogP contribution < -0.4 is 16.0 Å². The molecule has 4 aromatic rings. The summed E-state index contributed by atoms with van der Waals surface area (Å²) in [5.74, 6) is 1.26. The molecular formula is C25H31N7O. The molecule has 33 heavy (non-hydrogen) atoms. The largest absolute Gasteiger partial charge is 0.382 e. The van der Waals surface area contributed by atoms with E-state index in [0.717, 1.165) is 60.5 Å². The number of rotatable bonds is 9. The topological polar surface area (TPSA) is 102 Å². The molecule has 0 aliphatic rings. The number of amides is 1. The molecule has 3 N–H and O–H groups in total. The summed E-state index contributed by atoms with van der Waals surface area (Å²) in [6, 6.07) is 11.6. The minimum absolute atomic E-state index is 0.0422. The Morgan fingerprint density at radius 2 is 1.82 bits per heavy atom. The molecule has 3 aromatic heterocycles. The van der Waals surface area contributed by atoms with Crippen LogP contribution in [0.15, 0.2) is 42.6 Å². The molecule has 8 nitrogen and oxygen atoms in total. The number of aryl methyl sites for hydroxylation is 2. The van der Waals surface area contributed by atoms with Gasteiger partial charge in [0.15, 0.2) is 5.82 Å². The Morgan fingerprint density at radius 3 is 2.55 bits per heavy atom. The predicted molar refractivity (Wildman–Crippen MR) is 134 cm³/mol. The monoisotopic (exact) mass is 445 g/mol. The number of fused-ring (bicyclic) bond motifs is 3. The molecule has 0 spiro atoms. The number of nitrogens with two attached hydrogens (primary N) is 1. The first-order chi connectivity index (χ1) is 16.0. The van der Waals surface area contributed by atoms with Crippen molar-refractivity contribution in [1.82, 2.24) is 24.8 Å². The maximum atomic E-state index is 12.5. The highest BCUT2D eigenvalue weighted by Gasteiger charge is 2.16. The lowest BCUT2D eigenvalue weighted by atomic mass is 10.1. The predicted octanol–water partition coefficient (Wildman–Crippen LogP) is 3.93. The first kappa shape index (κ1) is 22.5. The van der Waals surface area contributed by atoms with Gasteiger partial charge in [-0.3, -0.25) is 9.78 Å². The van der Waals surface area contributed by atoms with Crippen molar-refractivity contribution >= 4 is 39.5 Å². The number of nitrogens with zero attached hydrogens (tertiary/aromatic N) is 5. The van der Waals surface area contributed by atoms with Gasteiger partial charge in [-0.15, -0.1) is 0 Å². The van der Waals surface area contributed by atoms with Crippen LogP contribution in [-0.4, -0.2) is 45.1 Å². The van der Waals surface area contributed by atoms with Gasteiger partial charge in [-0.25, -0.2) is 9.97 Å². The van der Waals surface area contributed by atoms with Crippen molar-refractivity contribution in [3.05, 3.63) is 54.0 Å². The van der Waals surface area contributed by atoms with E-state index in [1.807, 2.05) is 43.3 Å². The standard InChI is InChI=1S/C25H31N7O/c1-4-31(5-2)19-12-10-18(11-13-19)25(33)28-14-6-7-16-32-17(3)29-22-23(32)21-20(30-24(22)26)9-8-15-27-21/h8-13,15H,4-7,14,16H2,1-3H3,(H2,26,30)(H,28,33). The van der Waals surface area contributed by atoms with Crippen molar-refractivity contribution in [2.45, 2.75) is 40.2 Å². The van der Waals surface area contributed by atoms with E-state index < -0.39 is 0 Å². The summed E-state index contributed by atoms with van der Waals surface area (Å²) in [6.07, 6.45) is 3.51. The minimum Gasteiger partial charge on any atom is -0.382 e. The maximum Gasteiger partial charge on any atom is 0.251 e. The molecule has 0 atom stereocenters. The highest BCUT2D eigenvalue weighted by Crippen LogP contribution is 2.27. The summed E-state index contributed by atoms with van der Waals surface area (Å²) in [7, 11) is 0. The third-order valence-corrected chi connectivity index (χ3v) is 6.00. The first-order valence-corrected chi connectivity index (χ1v) is 11.5. The highest BCUT2D eigenvalue weighted by atomic mass is 16.1. The zero-order valence-corrected chi connectivity index (χ0v) is 19.5. The first-order valence-electron chi connectivity index (χ1n) is 11.5. The minimum atomic E-state index is -0.0422. The number of unbranched alkanes of at least 4 members (excludes halogenated alkanes) is 1. The number of pyridine rings is 2. The molecule has 0 saturated carbocycles. The summed E-state index contributed by atoms with van der Waals surface area (Å²) in [6.45, 7) is 9.51. The normalized spacial score (nSPS) is 11.2. The van der Waals surface area contributed by atoms with Crippen LogP contribution in [0, 0.1) is 6.92 Å². The van der Waals surface area contributed by atoms with Crippen molar-refractivity contribution in [1.29, 1.82) is 0 Å². The van der Waals surface area contributed by atoms with E-state index >= 15 is 0 Å². The van der Waals surface area contributed by atoms with Gasteiger partial charge in [0.2, 0.25) is 0 Å². The van der Waals surface area contributed by atoms with Crippen LogP contribution in [0.4, 0.5) is 11.5 Å². The molecule has 8 heteroatoms. The van der Waals surface area contributed by atoms with E-state index in [4.69, 9.17) is 5.73 Å². The Bertz CT molecular complexity index is 1260. The second kappa shape index (κ2) is 9.85. The summed E-state index contributed by atoms with van der Waals surface area (Å²) in [4.78, 5) is 28.3. The number of carbonyl (C=O) groups excluding carboxylic acids is 1. The Hall–Kier alpha value is -3.68. The van der Waals surface area contributed by atoms with Gasteiger partial charge in [0.1, 0.15) is 22.4 Å². The fraction of sp³-hybridized carbons (Fsp3) is 0.360. The summed E-state index contributed by atoms with van der Waals surface area (Å²) in [5.41, 5.74) is 11.2. The number of anilines is 2.